The Morgan fingerprint density at radius 1 is 1.09 bits per heavy atom. The standard InChI is InChI=1S/C39H51N5O9S/c1-5-26-19-39(26,34(47)42-54(50,51)28-13-14-28)41-32(45)30-18-27-21-44(30)33(46)31(37(2,3)4)40-35(48)52-23-38(16-9-17-38)15-7-6-10-24-11-8-12-25-20-43(22-29(24)25)36(49)53-27/h5-6,8,10-12,26-28,30-31H,1,7,9,13-23H2,2-4H3,(H,40,48)(H,41,45)(H,42,47)/b10-6+/t26-,27+,30-,31+,39+/m0/s1. The predicted molar refractivity (Wildman–Crippen MR) is 198 cm³/mol. The van der Waals surface area contributed by atoms with Gasteiger partial charge >= 0.3 is 12.2 Å². The van der Waals surface area contributed by atoms with Crippen molar-refractivity contribution in [2.45, 2.75) is 121 Å². The molecule has 5 amide bonds. The highest BCUT2D eigenvalue weighted by Crippen LogP contribution is 2.46. The molecule has 3 aliphatic carbocycles. The molecule has 54 heavy (non-hydrogen) atoms. The molecule has 1 saturated heterocycles. The van der Waals surface area contributed by atoms with Crippen LogP contribution in [0, 0.1) is 16.7 Å². The van der Waals surface area contributed by atoms with Crippen LogP contribution in [0.2, 0.25) is 0 Å². The van der Waals surface area contributed by atoms with Gasteiger partial charge in [-0.05, 0) is 67.1 Å². The van der Waals surface area contributed by atoms with Crippen LogP contribution in [0.1, 0.15) is 95.2 Å². The number of alkyl carbamates (subject to hydrolysis) is 1. The smallest absolute Gasteiger partial charge is 0.410 e. The van der Waals surface area contributed by atoms with E-state index in [0.717, 1.165) is 48.8 Å². The fourth-order valence-corrected chi connectivity index (χ4v) is 9.64. The molecule has 0 unspecified atom stereocenters. The molecule has 14 nitrogen and oxygen atoms in total. The molecular weight excluding hydrogens is 715 g/mol. The first-order valence-electron chi connectivity index (χ1n) is 19.0. The average molecular weight is 766 g/mol. The molecule has 15 heteroatoms. The quantitative estimate of drug-likeness (QED) is 0.362. The molecule has 3 saturated carbocycles. The molecule has 6 aliphatic rings. The van der Waals surface area contributed by atoms with E-state index in [4.69, 9.17) is 9.47 Å². The van der Waals surface area contributed by atoms with Crippen molar-refractivity contribution < 1.29 is 41.9 Å². The van der Waals surface area contributed by atoms with Crippen molar-refractivity contribution in [3.8, 4) is 0 Å². The molecule has 5 atom stereocenters. The van der Waals surface area contributed by atoms with E-state index in [1.54, 1.807) is 25.7 Å². The predicted octanol–water partition coefficient (Wildman–Crippen LogP) is 3.90. The summed E-state index contributed by atoms with van der Waals surface area (Å²) >= 11 is 0. The van der Waals surface area contributed by atoms with Crippen LogP contribution in [0.4, 0.5) is 9.59 Å². The summed E-state index contributed by atoms with van der Waals surface area (Å²) in [6, 6.07) is 3.62. The van der Waals surface area contributed by atoms with E-state index in [1.807, 2.05) is 18.2 Å². The average Bonchev–Trinajstić information content (AvgIpc) is 3.99. The number of allylic oxidation sites excluding steroid dienone is 1. The van der Waals surface area contributed by atoms with Crippen molar-refractivity contribution in [1.29, 1.82) is 0 Å². The maximum Gasteiger partial charge on any atom is 0.410 e. The minimum absolute atomic E-state index is 0.0846. The van der Waals surface area contributed by atoms with Gasteiger partial charge in [0, 0.05) is 24.3 Å². The van der Waals surface area contributed by atoms with E-state index in [-0.39, 0.29) is 31.4 Å². The SMILES string of the molecule is C=C[C@H]1C[C@]1(NC(=O)[C@@H]1C[C@@H]2CN1C(=O)[C@H](C(C)(C)C)NC(=O)OCC1(CC/C=C/c3cccc4c3CN(C4)C(=O)O2)CCC1)C(=O)NS(=O)(=O)C1CC1. The number of ether oxygens (including phenoxy) is 2. The van der Waals surface area contributed by atoms with E-state index in [2.05, 4.69) is 34.1 Å². The number of hydrogen-bond acceptors (Lipinski definition) is 9. The fraction of sp³-hybridized carbons (Fsp3) is 0.615. The fourth-order valence-electron chi connectivity index (χ4n) is 8.28. The number of carbonyl (C=O) groups excluding carboxylic acids is 5. The highest BCUT2D eigenvalue weighted by atomic mass is 32.2. The number of benzene rings is 1. The molecule has 1 aromatic carbocycles. The van der Waals surface area contributed by atoms with Crippen LogP contribution in [-0.4, -0.2) is 90.3 Å². The maximum absolute atomic E-state index is 14.5. The summed E-state index contributed by atoms with van der Waals surface area (Å²) in [4.78, 5) is 72.2. The molecule has 3 N–H and O–H groups in total. The van der Waals surface area contributed by atoms with Gasteiger partial charge in [-0.2, -0.15) is 0 Å². The van der Waals surface area contributed by atoms with Crippen LogP contribution in [0.15, 0.2) is 36.9 Å². The molecule has 1 aromatic rings. The third-order valence-corrected chi connectivity index (χ3v) is 13.9. The van der Waals surface area contributed by atoms with E-state index in [9.17, 15) is 32.4 Å². The van der Waals surface area contributed by atoms with Crippen LogP contribution in [0.3, 0.4) is 0 Å². The lowest BCUT2D eigenvalue weighted by Gasteiger charge is -2.41. The topological polar surface area (TPSA) is 181 Å². The lowest BCUT2D eigenvalue weighted by Crippen LogP contribution is -2.60. The second kappa shape index (κ2) is 14.0. The summed E-state index contributed by atoms with van der Waals surface area (Å²) in [7, 11) is -3.91. The number of carbonyl (C=O) groups is 5. The zero-order chi connectivity index (χ0) is 38.6. The Balaban J connectivity index is 1.17. The third-order valence-electron chi connectivity index (χ3n) is 12.1. The minimum Gasteiger partial charge on any atom is -0.449 e. The molecule has 1 spiro atoms. The molecule has 3 aliphatic heterocycles. The van der Waals surface area contributed by atoms with Crippen LogP contribution in [0.25, 0.3) is 6.08 Å². The molecule has 3 heterocycles. The third kappa shape index (κ3) is 7.47. The first-order valence-corrected chi connectivity index (χ1v) is 20.6. The van der Waals surface area contributed by atoms with Crippen LogP contribution in [0.5, 0.6) is 0 Å². The van der Waals surface area contributed by atoms with Gasteiger partial charge in [0.15, 0.2) is 0 Å². The summed E-state index contributed by atoms with van der Waals surface area (Å²) in [5, 5.41) is 4.88. The number of amides is 5. The molecule has 292 valence electrons. The van der Waals surface area contributed by atoms with Gasteiger partial charge < -0.3 is 25.0 Å². The Morgan fingerprint density at radius 2 is 1.85 bits per heavy atom. The largest absolute Gasteiger partial charge is 0.449 e. The van der Waals surface area contributed by atoms with Crippen molar-refractivity contribution in [2.75, 3.05) is 13.2 Å². The summed E-state index contributed by atoms with van der Waals surface area (Å²) < 4.78 is 39.3. The van der Waals surface area contributed by atoms with Gasteiger partial charge in [-0.25, -0.2) is 18.0 Å². The summed E-state index contributed by atoms with van der Waals surface area (Å²) in [5.41, 5.74) is 0.490. The Morgan fingerprint density at radius 3 is 2.50 bits per heavy atom. The Labute approximate surface area is 316 Å². The van der Waals surface area contributed by atoms with Crippen LogP contribution >= 0.6 is 0 Å². The number of nitrogens with zero attached hydrogens (tertiary/aromatic N) is 2. The van der Waals surface area contributed by atoms with E-state index >= 15 is 0 Å². The van der Waals surface area contributed by atoms with Crippen molar-refractivity contribution in [3.05, 3.63) is 53.6 Å². The van der Waals surface area contributed by atoms with Gasteiger partial charge in [0.25, 0.3) is 5.91 Å². The monoisotopic (exact) mass is 765 g/mol. The molecule has 0 radical (unpaired) electrons. The number of sulfonamides is 1. The maximum atomic E-state index is 14.5. The number of nitrogens with one attached hydrogen (secondary N) is 3. The number of fused-ring (bicyclic) bond motifs is 3. The molecule has 4 bridgehead atoms. The van der Waals surface area contributed by atoms with Gasteiger partial charge in [-0.15, -0.1) is 6.58 Å². The van der Waals surface area contributed by atoms with E-state index < -0.39 is 80.2 Å². The normalized spacial score (nSPS) is 30.3. The van der Waals surface area contributed by atoms with Gasteiger partial charge in [0.05, 0.1) is 24.9 Å². The van der Waals surface area contributed by atoms with Crippen LogP contribution in [-0.2, 0) is 47.0 Å². The Bertz CT molecular complexity index is 1880. The van der Waals surface area contributed by atoms with E-state index in [0.29, 0.717) is 25.9 Å². The molecule has 0 aromatic heterocycles. The summed E-state index contributed by atoms with van der Waals surface area (Å²) in [6.07, 6.45) is 8.91. The van der Waals surface area contributed by atoms with E-state index in [1.165, 1.54) is 11.0 Å². The van der Waals surface area contributed by atoms with Crippen molar-refractivity contribution in [2.24, 2.45) is 16.7 Å². The van der Waals surface area contributed by atoms with Gasteiger partial charge in [0.1, 0.15) is 23.7 Å². The molecule has 4 fully saturated rings. The zero-order valence-electron chi connectivity index (χ0n) is 31.2. The lowest BCUT2D eigenvalue weighted by molar-refractivity contribution is -0.143. The first kappa shape index (κ1) is 37.9. The number of rotatable bonds is 6. The van der Waals surface area contributed by atoms with Gasteiger partial charge in [0.2, 0.25) is 21.8 Å². The van der Waals surface area contributed by atoms with Crippen LogP contribution < -0.4 is 15.4 Å². The molecule has 7 rings (SSSR count). The van der Waals surface area contributed by atoms with Crippen molar-refractivity contribution in [3.63, 3.8) is 0 Å². The lowest BCUT2D eigenvalue weighted by atomic mass is 9.66. The van der Waals surface area contributed by atoms with Crippen molar-refractivity contribution >= 4 is 46.0 Å². The Hall–Kier alpha value is -4.40. The highest BCUT2D eigenvalue weighted by Gasteiger charge is 2.62. The first-order chi connectivity index (χ1) is 25.5. The summed E-state index contributed by atoms with van der Waals surface area (Å²) in [5.74, 6) is -2.70. The number of cyclic esters (lactones) is 1. The highest BCUT2D eigenvalue weighted by molar-refractivity contribution is 7.91. The van der Waals surface area contributed by atoms with Gasteiger partial charge in [-0.3, -0.25) is 24.0 Å². The molecular formula is C39H51N5O9S. The second-order valence-corrected chi connectivity index (χ2v) is 19.0. The number of hydrogen-bond donors (Lipinski definition) is 3. The second-order valence-electron chi connectivity index (χ2n) is 17.1. The van der Waals surface area contributed by atoms with Crippen molar-refractivity contribution in [1.82, 2.24) is 25.2 Å². The zero-order valence-corrected chi connectivity index (χ0v) is 32.0. The summed E-state index contributed by atoms with van der Waals surface area (Å²) in [6.45, 7) is 9.87. The minimum atomic E-state index is -3.91. The Kier molecular flexibility index (Phi) is 9.84. The van der Waals surface area contributed by atoms with Gasteiger partial charge in [-0.1, -0.05) is 63.6 Å².